The van der Waals surface area contributed by atoms with E-state index >= 15 is 0 Å². The van der Waals surface area contributed by atoms with Crippen LogP contribution < -0.4 is 25.0 Å². The van der Waals surface area contributed by atoms with E-state index in [4.69, 9.17) is 9.47 Å². The molecule has 0 aromatic heterocycles. The minimum Gasteiger partial charge on any atom is -0.494 e. The van der Waals surface area contributed by atoms with Crippen LogP contribution in [0.2, 0.25) is 0 Å². The molecule has 9 nitrogen and oxygen atoms in total. The lowest BCUT2D eigenvalue weighted by Gasteiger charge is -2.11. The van der Waals surface area contributed by atoms with Crippen molar-refractivity contribution in [3.8, 4) is 11.5 Å². The fourth-order valence-electron chi connectivity index (χ4n) is 2.30. The van der Waals surface area contributed by atoms with Crippen molar-refractivity contribution in [1.82, 2.24) is 15.6 Å². The Balaban J connectivity index is 1.88. The van der Waals surface area contributed by atoms with E-state index in [1.165, 1.54) is 24.3 Å². The molecule has 0 unspecified atom stereocenters. The van der Waals surface area contributed by atoms with Crippen LogP contribution in [0.3, 0.4) is 0 Å². The summed E-state index contributed by atoms with van der Waals surface area (Å²) >= 11 is 0. The maximum absolute atomic E-state index is 12.2. The van der Waals surface area contributed by atoms with Gasteiger partial charge in [0.1, 0.15) is 11.5 Å². The van der Waals surface area contributed by atoms with E-state index in [1.807, 2.05) is 11.8 Å². The molecule has 0 spiro atoms. The lowest BCUT2D eigenvalue weighted by molar-refractivity contribution is -0.120. The smallest absolute Gasteiger partial charge is 0.257 e. The quantitative estimate of drug-likeness (QED) is 0.496. The standard InChI is InChI=1S/C19H23N3O6S/c1-3-27-14-9-11-15(12-10-14)29(25,26)22-21-18(23)13-20-19(24)16-7-5-6-8-17(16)28-4-2/h5-12,22H,3-4,13H2,1-2H3,(H,20,24)(H,21,23). The number of hydrogen-bond donors (Lipinski definition) is 3. The van der Waals surface area contributed by atoms with Crippen LogP contribution in [-0.2, 0) is 14.8 Å². The number of carbonyl (C=O) groups is 2. The number of nitrogens with one attached hydrogen (secondary N) is 3. The number of amides is 2. The van der Waals surface area contributed by atoms with Gasteiger partial charge in [0.15, 0.2) is 0 Å². The summed E-state index contributed by atoms with van der Waals surface area (Å²) in [4.78, 5) is 26.1. The Hall–Kier alpha value is -3.11. The van der Waals surface area contributed by atoms with E-state index in [0.29, 0.717) is 24.7 Å². The molecule has 0 saturated heterocycles. The number of sulfonamides is 1. The summed E-state index contributed by atoms with van der Waals surface area (Å²) in [6, 6.07) is 12.3. The summed E-state index contributed by atoms with van der Waals surface area (Å²) in [5.74, 6) is -0.324. The molecule has 2 amide bonds. The van der Waals surface area contributed by atoms with Gasteiger partial charge in [-0.2, -0.15) is 0 Å². The van der Waals surface area contributed by atoms with Crippen LogP contribution >= 0.6 is 0 Å². The molecule has 2 aromatic rings. The summed E-state index contributed by atoms with van der Waals surface area (Å²) in [7, 11) is -3.96. The molecule has 156 valence electrons. The van der Waals surface area contributed by atoms with Gasteiger partial charge in [-0.15, -0.1) is 4.83 Å². The molecule has 0 heterocycles. The van der Waals surface area contributed by atoms with E-state index in [-0.39, 0.29) is 10.5 Å². The molecule has 29 heavy (non-hydrogen) atoms. The average molecular weight is 421 g/mol. The highest BCUT2D eigenvalue weighted by molar-refractivity contribution is 7.89. The first-order valence-electron chi connectivity index (χ1n) is 8.91. The Labute approximate surface area is 169 Å². The third-order valence-corrected chi connectivity index (χ3v) is 4.87. The highest BCUT2D eigenvalue weighted by Gasteiger charge is 2.16. The molecule has 0 fully saturated rings. The van der Waals surface area contributed by atoms with Crippen LogP contribution in [0.4, 0.5) is 0 Å². The van der Waals surface area contributed by atoms with Crippen LogP contribution in [-0.4, -0.2) is 40.0 Å². The number of benzene rings is 2. The molecular weight excluding hydrogens is 398 g/mol. The maximum Gasteiger partial charge on any atom is 0.257 e. The topological polar surface area (TPSA) is 123 Å². The van der Waals surface area contributed by atoms with Crippen LogP contribution in [0.1, 0.15) is 24.2 Å². The monoisotopic (exact) mass is 421 g/mol. The van der Waals surface area contributed by atoms with E-state index in [0.717, 1.165) is 0 Å². The fraction of sp³-hybridized carbons (Fsp3) is 0.263. The molecule has 2 rings (SSSR count). The second-order valence-corrected chi connectivity index (χ2v) is 7.35. The molecule has 0 saturated carbocycles. The molecule has 0 atom stereocenters. The zero-order valence-electron chi connectivity index (χ0n) is 16.1. The van der Waals surface area contributed by atoms with Gasteiger partial charge in [-0.25, -0.2) is 8.42 Å². The zero-order chi connectivity index (χ0) is 21.3. The normalized spacial score (nSPS) is 10.8. The van der Waals surface area contributed by atoms with Gasteiger partial charge >= 0.3 is 0 Å². The van der Waals surface area contributed by atoms with E-state index in [1.54, 1.807) is 31.2 Å². The summed E-state index contributed by atoms with van der Waals surface area (Å²) in [5, 5.41) is 2.41. The first kappa shape index (κ1) is 22.2. The summed E-state index contributed by atoms with van der Waals surface area (Å²) in [6.45, 7) is 4.03. The third-order valence-electron chi connectivity index (χ3n) is 3.61. The van der Waals surface area contributed by atoms with Gasteiger partial charge in [0, 0.05) is 0 Å². The average Bonchev–Trinajstić information content (AvgIpc) is 2.72. The number of carbonyl (C=O) groups excluding carboxylic acids is 2. The Bertz CT molecular complexity index is 945. The first-order chi connectivity index (χ1) is 13.9. The Morgan fingerprint density at radius 1 is 0.931 bits per heavy atom. The highest BCUT2D eigenvalue weighted by Crippen LogP contribution is 2.17. The van der Waals surface area contributed by atoms with Crippen molar-refractivity contribution in [2.45, 2.75) is 18.7 Å². The second kappa shape index (κ2) is 10.4. The van der Waals surface area contributed by atoms with Gasteiger partial charge in [0.05, 0.1) is 30.2 Å². The van der Waals surface area contributed by atoms with E-state index < -0.39 is 28.4 Å². The lowest BCUT2D eigenvalue weighted by atomic mass is 10.2. The molecule has 2 aromatic carbocycles. The SMILES string of the molecule is CCOc1ccc(S(=O)(=O)NNC(=O)CNC(=O)c2ccccc2OCC)cc1. The van der Waals surface area contributed by atoms with Crippen molar-refractivity contribution in [2.75, 3.05) is 19.8 Å². The van der Waals surface area contributed by atoms with Gasteiger partial charge < -0.3 is 14.8 Å². The number of rotatable bonds is 10. The number of hydrazine groups is 1. The molecule has 0 radical (unpaired) electrons. The van der Waals surface area contributed by atoms with Gasteiger partial charge in [-0.05, 0) is 50.2 Å². The third kappa shape index (κ3) is 6.47. The summed E-state index contributed by atoms with van der Waals surface area (Å²) in [6.07, 6.45) is 0. The summed E-state index contributed by atoms with van der Waals surface area (Å²) in [5.41, 5.74) is 2.33. The molecule has 3 N–H and O–H groups in total. The van der Waals surface area contributed by atoms with Crippen molar-refractivity contribution in [3.05, 3.63) is 54.1 Å². The minimum atomic E-state index is -3.96. The van der Waals surface area contributed by atoms with Crippen molar-refractivity contribution in [1.29, 1.82) is 0 Å². The lowest BCUT2D eigenvalue weighted by Crippen LogP contribution is -2.46. The zero-order valence-corrected chi connectivity index (χ0v) is 16.9. The highest BCUT2D eigenvalue weighted by atomic mass is 32.2. The summed E-state index contributed by atoms with van der Waals surface area (Å²) < 4.78 is 35.0. The Kier molecular flexibility index (Phi) is 7.98. The van der Waals surface area contributed by atoms with Crippen molar-refractivity contribution >= 4 is 21.8 Å². The van der Waals surface area contributed by atoms with Gasteiger partial charge in [0.2, 0.25) is 0 Å². The molecule has 0 aliphatic carbocycles. The predicted molar refractivity (Wildman–Crippen MR) is 106 cm³/mol. The first-order valence-corrected chi connectivity index (χ1v) is 10.4. The van der Waals surface area contributed by atoms with Crippen molar-refractivity contribution in [2.24, 2.45) is 0 Å². The molecule has 10 heteroatoms. The van der Waals surface area contributed by atoms with Crippen molar-refractivity contribution in [3.63, 3.8) is 0 Å². The molecular formula is C19H23N3O6S. The molecule has 0 bridgehead atoms. The second-order valence-electron chi connectivity index (χ2n) is 5.67. The predicted octanol–water partition coefficient (Wildman–Crippen LogP) is 1.22. The van der Waals surface area contributed by atoms with Crippen LogP contribution in [0.15, 0.2) is 53.4 Å². The Morgan fingerprint density at radius 2 is 1.59 bits per heavy atom. The molecule has 0 aliphatic heterocycles. The largest absolute Gasteiger partial charge is 0.494 e. The van der Waals surface area contributed by atoms with Gasteiger partial charge in [0.25, 0.3) is 21.8 Å². The van der Waals surface area contributed by atoms with Crippen molar-refractivity contribution < 1.29 is 27.5 Å². The number of ether oxygens (including phenoxy) is 2. The molecule has 0 aliphatic rings. The number of para-hydroxylation sites is 1. The van der Waals surface area contributed by atoms with E-state index in [9.17, 15) is 18.0 Å². The Morgan fingerprint density at radius 3 is 2.24 bits per heavy atom. The van der Waals surface area contributed by atoms with Crippen LogP contribution in [0.5, 0.6) is 11.5 Å². The minimum absolute atomic E-state index is 0.0454. The van der Waals surface area contributed by atoms with Crippen LogP contribution in [0.25, 0.3) is 0 Å². The van der Waals surface area contributed by atoms with Crippen LogP contribution in [0, 0.1) is 0 Å². The van der Waals surface area contributed by atoms with Gasteiger partial charge in [-0.3, -0.25) is 15.0 Å². The maximum atomic E-state index is 12.2. The number of hydrogen-bond acceptors (Lipinski definition) is 6. The van der Waals surface area contributed by atoms with Gasteiger partial charge in [-0.1, -0.05) is 12.1 Å². The van der Waals surface area contributed by atoms with E-state index in [2.05, 4.69) is 10.7 Å². The fourth-order valence-corrected chi connectivity index (χ4v) is 3.16.